The molecular weight excluding hydrogens is 785 g/mol. The van der Waals surface area contributed by atoms with Crippen LogP contribution in [0.5, 0.6) is 0 Å². The highest BCUT2D eigenvalue weighted by molar-refractivity contribution is 7.47. The van der Waals surface area contributed by atoms with E-state index in [1.807, 2.05) is 12.2 Å². The van der Waals surface area contributed by atoms with E-state index in [4.69, 9.17) is 24.3 Å². The first kappa shape index (κ1) is 56.5. The lowest BCUT2D eigenvalue weighted by atomic mass is 10.1. The number of ether oxygens (including phenoxy) is 2. The normalized spacial score (nSPS) is 15.9. The summed E-state index contributed by atoms with van der Waals surface area (Å²) in [5.41, 5.74) is 5.32. The first-order chi connectivity index (χ1) is 29.0. The van der Waals surface area contributed by atoms with Gasteiger partial charge in [0.25, 0.3) is 0 Å². The van der Waals surface area contributed by atoms with Crippen molar-refractivity contribution in [2.75, 3.05) is 26.4 Å². The number of aliphatic hydroxyl groups is 3. The number of phosphoric acid groups is 1. The minimum Gasteiger partial charge on any atom is -0.462 e. The maximum atomic E-state index is 12.6. The van der Waals surface area contributed by atoms with Crippen LogP contribution in [0.15, 0.2) is 109 Å². The quantitative estimate of drug-likeness (QED) is 0.0130. The third kappa shape index (κ3) is 38.7. The van der Waals surface area contributed by atoms with Crippen molar-refractivity contribution in [2.24, 2.45) is 5.73 Å². The zero-order valence-electron chi connectivity index (χ0n) is 36.2. The zero-order chi connectivity index (χ0) is 44.4. The Morgan fingerprint density at radius 2 is 1.17 bits per heavy atom. The largest absolute Gasteiger partial charge is 0.472 e. The Labute approximate surface area is 360 Å². The van der Waals surface area contributed by atoms with Gasteiger partial charge in [0, 0.05) is 19.4 Å². The molecule has 12 nitrogen and oxygen atoms in total. The fraction of sp³-hybridized carbons (Fsp3) is 0.574. The summed E-state index contributed by atoms with van der Waals surface area (Å²) in [6.45, 7) is 3.08. The van der Waals surface area contributed by atoms with Crippen LogP contribution in [-0.2, 0) is 32.7 Å². The molecule has 0 aliphatic carbocycles. The van der Waals surface area contributed by atoms with Crippen molar-refractivity contribution in [3.05, 3.63) is 109 Å². The lowest BCUT2D eigenvalue weighted by molar-refractivity contribution is -0.161. The number of nitrogens with two attached hydrogens (primary N) is 1. The van der Waals surface area contributed by atoms with Crippen LogP contribution >= 0.6 is 7.82 Å². The summed E-state index contributed by atoms with van der Waals surface area (Å²) >= 11 is 0. The first-order valence-corrected chi connectivity index (χ1v) is 23.2. The van der Waals surface area contributed by atoms with Crippen molar-refractivity contribution in [2.45, 2.75) is 147 Å². The highest BCUT2D eigenvalue weighted by atomic mass is 31.2. The number of aliphatic hydroxyl groups excluding tert-OH is 3. The third-order valence-corrected chi connectivity index (χ3v) is 9.50. The number of hydrogen-bond acceptors (Lipinski definition) is 11. The molecule has 0 aromatic carbocycles. The number of carbonyl (C=O) groups excluding carboxylic acids is 2. The molecule has 0 heterocycles. The van der Waals surface area contributed by atoms with E-state index in [0.29, 0.717) is 6.42 Å². The van der Waals surface area contributed by atoms with Gasteiger partial charge in [-0.15, -0.1) is 0 Å². The number of esters is 2. The number of carbonyl (C=O) groups is 2. The fourth-order valence-electron chi connectivity index (χ4n) is 5.12. The number of unbranched alkanes of at least 4 members (excludes halogenated alkanes) is 5. The first-order valence-electron chi connectivity index (χ1n) is 21.7. The van der Waals surface area contributed by atoms with Gasteiger partial charge in [0.2, 0.25) is 0 Å². The van der Waals surface area contributed by atoms with E-state index < -0.39 is 57.4 Å². The molecule has 0 fully saturated rings. The Morgan fingerprint density at radius 1 is 0.617 bits per heavy atom. The molecule has 0 aromatic rings. The number of allylic oxidation sites excluding steroid dienone is 16. The smallest absolute Gasteiger partial charge is 0.462 e. The van der Waals surface area contributed by atoms with Crippen molar-refractivity contribution in [1.29, 1.82) is 0 Å². The monoisotopic (exact) mass is 862 g/mol. The number of rotatable bonds is 38. The SMILES string of the molecule is CCCCC/C=C\C/C=C\C/C=C\C/C=C\C/C=C\CCC(=O)OC[C@H](COP(=O)(O)OCCN)OC(=O)CCC[C@H](O)[C@@H](O)/C=C/C=C/C=C\C=C\[C@@H](O)CCCCC. The molecule has 5 atom stereocenters. The van der Waals surface area contributed by atoms with Gasteiger partial charge >= 0.3 is 19.8 Å². The lowest BCUT2D eigenvalue weighted by Crippen LogP contribution is -2.30. The molecule has 0 rings (SSSR count). The molecule has 1 unspecified atom stereocenters. The average Bonchev–Trinajstić information content (AvgIpc) is 3.22. The van der Waals surface area contributed by atoms with Gasteiger partial charge in [-0.3, -0.25) is 18.6 Å². The predicted octanol–water partition coefficient (Wildman–Crippen LogP) is 9.29. The molecule has 13 heteroatoms. The van der Waals surface area contributed by atoms with E-state index in [0.717, 1.165) is 57.8 Å². The predicted molar refractivity (Wildman–Crippen MR) is 242 cm³/mol. The van der Waals surface area contributed by atoms with Gasteiger partial charge in [0.15, 0.2) is 6.10 Å². The Bertz CT molecular complexity index is 1400. The van der Waals surface area contributed by atoms with Crippen molar-refractivity contribution in [1.82, 2.24) is 0 Å². The van der Waals surface area contributed by atoms with E-state index in [9.17, 15) is 34.4 Å². The molecule has 0 aromatic heterocycles. The van der Waals surface area contributed by atoms with E-state index in [-0.39, 0.29) is 38.8 Å². The van der Waals surface area contributed by atoms with Gasteiger partial charge in [0.1, 0.15) is 6.61 Å². The summed E-state index contributed by atoms with van der Waals surface area (Å²) in [6, 6.07) is 0. The van der Waals surface area contributed by atoms with E-state index in [2.05, 4.69) is 62.5 Å². The highest BCUT2D eigenvalue weighted by Gasteiger charge is 2.26. The fourth-order valence-corrected chi connectivity index (χ4v) is 5.88. The van der Waals surface area contributed by atoms with Gasteiger partial charge in [-0.2, -0.15) is 0 Å². The number of phosphoric ester groups is 1. The summed E-state index contributed by atoms with van der Waals surface area (Å²) in [5.74, 6) is -1.27. The second-order valence-electron chi connectivity index (χ2n) is 14.1. The van der Waals surface area contributed by atoms with Gasteiger partial charge in [-0.05, 0) is 64.2 Å². The van der Waals surface area contributed by atoms with Crippen LogP contribution in [-0.4, -0.2) is 82.9 Å². The van der Waals surface area contributed by atoms with Crippen LogP contribution in [0.25, 0.3) is 0 Å². The standard InChI is InChI=1S/C47H76NO11P/c1-3-5-7-8-9-10-11-12-13-14-15-16-17-18-19-20-21-26-30-36-46(52)56-40-43(41-58-60(54,55)57-39-38-48)59-47(53)37-31-35-45(51)44(50)34-29-25-23-22-24-28-33-42(49)32-27-6-4-2/h9-10,12-13,15-16,18-19,21-26,28-29,33-34,42-45,49-51H,3-8,11,14,17,20,27,30-32,35-41,48H2,1-2H3,(H,54,55)/b10-9-,13-12-,16-15-,19-18-,24-22-,25-23+,26-21-,33-28+,34-29+/t42-,43+,44-,45-/m0/s1. The molecule has 60 heavy (non-hydrogen) atoms. The second-order valence-corrected chi connectivity index (χ2v) is 15.5. The summed E-state index contributed by atoms with van der Waals surface area (Å²) in [5, 5.41) is 30.5. The Kier molecular flexibility index (Phi) is 38.6. The zero-order valence-corrected chi connectivity index (χ0v) is 37.1. The van der Waals surface area contributed by atoms with Gasteiger partial charge < -0.3 is 35.4 Å². The van der Waals surface area contributed by atoms with Crippen LogP contribution in [0, 0.1) is 0 Å². The molecule has 0 amide bonds. The Balaban J connectivity index is 4.63. The third-order valence-electron chi connectivity index (χ3n) is 8.51. The molecule has 0 aliphatic rings. The van der Waals surface area contributed by atoms with Crippen molar-refractivity contribution >= 4 is 19.8 Å². The number of hydrogen-bond donors (Lipinski definition) is 5. The Hall–Kier alpha value is -3.45. The molecule has 340 valence electrons. The topological polar surface area (TPSA) is 195 Å². The molecule has 6 N–H and O–H groups in total. The minimum atomic E-state index is -4.50. The van der Waals surface area contributed by atoms with Gasteiger partial charge in [0.05, 0.1) is 31.5 Å². The van der Waals surface area contributed by atoms with Crippen LogP contribution in [0.3, 0.4) is 0 Å². The summed E-state index contributed by atoms with van der Waals surface area (Å²) < 4.78 is 32.4. The average molecular weight is 862 g/mol. The summed E-state index contributed by atoms with van der Waals surface area (Å²) in [6.07, 6.45) is 43.6. The summed E-state index contributed by atoms with van der Waals surface area (Å²) in [7, 11) is -4.50. The Morgan fingerprint density at radius 3 is 1.77 bits per heavy atom. The van der Waals surface area contributed by atoms with Gasteiger partial charge in [-0.1, -0.05) is 155 Å². The summed E-state index contributed by atoms with van der Waals surface area (Å²) in [4.78, 5) is 34.9. The van der Waals surface area contributed by atoms with Crippen molar-refractivity contribution in [3.63, 3.8) is 0 Å². The minimum absolute atomic E-state index is 0.0179. The molecule has 0 saturated carbocycles. The lowest BCUT2D eigenvalue weighted by Gasteiger charge is -2.20. The van der Waals surface area contributed by atoms with Crippen LogP contribution in [0.4, 0.5) is 0 Å². The molecular formula is C47H76NO11P. The van der Waals surface area contributed by atoms with Crippen LogP contribution in [0.2, 0.25) is 0 Å². The molecule has 0 radical (unpaired) electrons. The van der Waals surface area contributed by atoms with Crippen LogP contribution < -0.4 is 5.73 Å². The van der Waals surface area contributed by atoms with Gasteiger partial charge in [-0.25, -0.2) is 4.57 Å². The molecule has 0 aliphatic heterocycles. The van der Waals surface area contributed by atoms with Crippen LogP contribution in [0.1, 0.15) is 123 Å². The maximum Gasteiger partial charge on any atom is 0.472 e. The maximum absolute atomic E-state index is 12.6. The second kappa shape index (κ2) is 40.9. The van der Waals surface area contributed by atoms with Crippen molar-refractivity contribution < 1.29 is 52.9 Å². The van der Waals surface area contributed by atoms with E-state index in [1.54, 1.807) is 42.5 Å². The van der Waals surface area contributed by atoms with E-state index >= 15 is 0 Å². The molecule has 0 saturated heterocycles. The van der Waals surface area contributed by atoms with E-state index in [1.165, 1.54) is 25.3 Å². The molecule has 0 bridgehead atoms. The molecule has 0 spiro atoms. The van der Waals surface area contributed by atoms with Crippen molar-refractivity contribution in [3.8, 4) is 0 Å². The highest BCUT2D eigenvalue weighted by Crippen LogP contribution is 2.43.